The highest BCUT2D eigenvalue weighted by atomic mass is 35.5. The predicted molar refractivity (Wildman–Crippen MR) is 43.0 cm³/mol. The van der Waals surface area contributed by atoms with E-state index in [1.54, 1.807) is 0 Å². The lowest BCUT2D eigenvalue weighted by atomic mass is 10.4. The zero-order chi connectivity index (χ0) is 7.56. The van der Waals surface area contributed by atoms with Gasteiger partial charge in [0, 0.05) is 12.7 Å². The van der Waals surface area contributed by atoms with Crippen LogP contribution in [0.1, 0.15) is 6.92 Å². The summed E-state index contributed by atoms with van der Waals surface area (Å²) in [6, 6.07) is 0. The molecule has 1 atom stereocenters. The molecule has 56 valence electrons. The number of halogens is 1. The Morgan fingerprint density at radius 2 is 2.50 bits per heavy atom. The molecule has 0 aromatic heterocycles. The van der Waals surface area contributed by atoms with Gasteiger partial charge in [-0.25, -0.2) is 4.99 Å². The van der Waals surface area contributed by atoms with E-state index in [9.17, 15) is 0 Å². The van der Waals surface area contributed by atoms with Crippen molar-refractivity contribution < 1.29 is 0 Å². The molecule has 0 radical (unpaired) electrons. The van der Waals surface area contributed by atoms with Gasteiger partial charge in [0.25, 0.3) is 0 Å². The van der Waals surface area contributed by atoms with Gasteiger partial charge in [-0.15, -0.1) is 0 Å². The van der Waals surface area contributed by atoms with Gasteiger partial charge < -0.3 is 10.6 Å². The zero-order valence-electron chi connectivity index (χ0n) is 5.98. The third kappa shape index (κ3) is 1.64. The second-order valence-electron chi connectivity index (χ2n) is 2.07. The van der Waals surface area contributed by atoms with Crippen LogP contribution in [0, 0.1) is 0 Å². The molecular formula is C6H10ClN3. The Morgan fingerprint density at radius 3 is 3.00 bits per heavy atom. The molecule has 0 bridgehead atoms. The van der Waals surface area contributed by atoms with Crippen molar-refractivity contribution >= 4 is 17.4 Å². The van der Waals surface area contributed by atoms with Gasteiger partial charge in [0.15, 0.2) is 5.62 Å². The summed E-state index contributed by atoms with van der Waals surface area (Å²) in [5.74, 6) is 0.816. The quantitative estimate of drug-likeness (QED) is 0.402. The topological polar surface area (TPSA) is 36.4 Å². The monoisotopic (exact) mass is 159 g/mol. The molecule has 1 rings (SSSR count). The van der Waals surface area contributed by atoms with Gasteiger partial charge in [0.2, 0.25) is 0 Å². The molecule has 3 nitrogen and oxygen atoms in total. The maximum absolute atomic E-state index is 5.71. The number of likely N-dealkylation sites (N-methyl/N-ethyl adjacent to an activating group) is 1. The molecule has 0 fully saturated rings. The Morgan fingerprint density at radius 1 is 1.80 bits per heavy atom. The van der Waals surface area contributed by atoms with Gasteiger partial charge in [0.1, 0.15) is 5.84 Å². The van der Waals surface area contributed by atoms with E-state index >= 15 is 0 Å². The first-order valence-electron chi connectivity index (χ1n) is 3.07. The lowest BCUT2D eigenvalue weighted by Crippen LogP contribution is -2.30. The molecule has 1 aliphatic heterocycles. The first-order valence-corrected chi connectivity index (χ1v) is 3.50. The summed E-state index contributed by atoms with van der Waals surface area (Å²) < 4.78 is 0. The number of rotatable bonds is 0. The predicted octanol–water partition coefficient (Wildman–Crippen LogP) is 0.634. The molecule has 2 N–H and O–H groups in total. The van der Waals surface area contributed by atoms with Crippen molar-refractivity contribution in [2.75, 3.05) is 7.05 Å². The maximum Gasteiger partial charge on any atom is 0.197 e. The fourth-order valence-corrected chi connectivity index (χ4v) is 1.04. The van der Waals surface area contributed by atoms with E-state index < -0.39 is 0 Å². The van der Waals surface area contributed by atoms with Gasteiger partial charge in [-0.2, -0.15) is 0 Å². The number of alkyl halides is 1. The van der Waals surface area contributed by atoms with Crippen molar-refractivity contribution in [3.05, 3.63) is 11.8 Å². The Hall–Kier alpha value is -0.700. The number of amidine groups is 1. The van der Waals surface area contributed by atoms with Crippen LogP contribution < -0.4 is 10.6 Å². The van der Waals surface area contributed by atoms with E-state index in [0.29, 0.717) is 0 Å². The highest BCUT2D eigenvalue weighted by Crippen LogP contribution is 2.03. The highest BCUT2D eigenvalue weighted by Gasteiger charge is 2.07. The van der Waals surface area contributed by atoms with Crippen LogP contribution in [-0.4, -0.2) is 18.5 Å². The Labute approximate surface area is 65.2 Å². The summed E-state index contributed by atoms with van der Waals surface area (Å²) >= 11 is 5.71. The van der Waals surface area contributed by atoms with E-state index in [1.807, 2.05) is 20.0 Å². The summed E-state index contributed by atoms with van der Waals surface area (Å²) in [6.07, 6.45) is 1.90. The molecule has 0 aliphatic carbocycles. The second kappa shape index (κ2) is 2.92. The molecule has 1 aliphatic rings. The lowest BCUT2D eigenvalue weighted by molar-refractivity contribution is 0.746. The fraction of sp³-hybridized carbons (Fsp3) is 0.500. The van der Waals surface area contributed by atoms with Crippen molar-refractivity contribution in [1.82, 2.24) is 10.6 Å². The van der Waals surface area contributed by atoms with E-state index in [2.05, 4.69) is 15.6 Å². The standard InChI is InChI=1S/C6H10ClN3/c1-4-3-5(8-2)10-6(7)9-4/h3,6,9H,1-2H3,(H,8,10). The number of hydrogen-bond acceptors (Lipinski definition) is 3. The first kappa shape index (κ1) is 7.41. The van der Waals surface area contributed by atoms with Gasteiger partial charge in [-0.05, 0) is 13.0 Å². The minimum Gasteiger partial charge on any atom is -0.373 e. The van der Waals surface area contributed by atoms with Crippen molar-refractivity contribution in [2.45, 2.75) is 12.5 Å². The second-order valence-corrected chi connectivity index (χ2v) is 2.49. The highest BCUT2D eigenvalue weighted by molar-refractivity contribution is 6.21. The van der Waals surface area contributed by atoms with E-state index in [0.717, 1.165) is 11.5 Å². The SMILES string of the molecule is CNC1=NC(Cl)NC(C)=C1. The van der Waals surface area contributed by atoms with Crippen LogP contribution in [0.4, 0.5) is 0 Å². The number of nitrogens with one attached hydrogen (secondary N) is 2. The van der Waals surface area contributed by atoms with E-state index in [1.165, 1.54) is 0 Å². The van der Waals surface area contributed by atoms with Crippen molar-refractivity contribution in [2.24, 2.45) is 4.99 Å². The number of aliphatic imine (C=N–C) groups is 1. The van der Waals surface area contributed by atoms with Gasteiger partial charge in [-0.3, -0.25) is 0 Å². The number of hydrogen-bond donors (Lipinski definition) is 2. The fourth-order valence-electron chi connectivity index (χ4n) is 0.763. The van der Waals surface area contributed by atoms with Gasteiger partial charge in [-0.1, -0.05) is 11.6 Å². The van der Waals surface area contributed by atoms with Gasteiger partial charge in [0.05, 0.1) is 0 Å². The summed E-state index contributed by atoms with van der Waals surface area (Å²) in [5.41, 5.74) is 0.701. The minimum absolute atomic E-state index is 0.326. The summed E-state index contributed by atoms with van der Waals surface area (Å²) in [4.78, 5) is 4.03. The molecule has 0 saturated heterocycles. The van der Waals surface area contributed by atoms with Crippen LogP contribution in [0.5, 0.6) is 0 Å². The average Bonchev–Trinajstić information content (AvgIpc) is 1.85. The number of allylic oxidation sites excluding steroid dienone is 1. The Bertz CT molecular complexity index is 185. The summed E-state index contributed by atoms with van der Waals surface area (Å²) in [6.45, 7) is 1.95. The van der Waals surface area contributed by atoms with Crippen LogP contribution >= 0.6 is 11.6 Å². The van der Waals surface area contributed by atoms with Crippen molar-refractivity contribution in [3.63, 3.8) is 0 Å². The molecule has 10 heavy (non-hydrogen) atoms. The number of nitrogens with zero attached hydrogens (tertiary/aromatic N) is 1. The molecule has 1 heterocycles. The molecule has 1 unspecified atom stereocenters. The molecule has 0 amide bonds. The van der Waals surface area contributed by atoms with Crippen LogP contribution in [0.2, 0.25) is 0 Å². The van der Waals surface area contributed by atoms with Crippen LogP contribution in [0.15, 0.2) is 16.8 Å². The van der Waals surface area contributed by atoms with Crippen molar-refractivity contribution in [1.29, 1.82) is 0 Å². The Balaban J connectivity index is 2.72. The molecule has 0 aromatic carbocycles. The lowest BCUT2D eigenvalue weighted by Gasteiger charge is -2.16. The van der Waals surface area contributed by atoms with Crippen LogP contribution in [0.3, 0.4) is 0 Å². The smallest absolute Gasteiger partial charge is 0.197 e. The molecule has 0 saturated carbocycles. The van der Waals surface area contributed by atoms with Gasteiger partial charge >= 0.3 is 0 Å². The maximum atomic E-state index is 5.71. The minimum atomic E-state index is -0.326. The Kier molecular flexibility index (Phi) is 2.17. The van der Waals surface area contributed by atoms with Crippen LogP contribution in [0.25, 0.3) is 0 Å². The molecule has 0 spiro atoms. The third-order valence-corrected chi connectivity index (χ3v) is 1.42. The van der Waals surface area contributed by atoms with Crippen LogP contribution in [-0.2, 0) is 0 Å². The first-order chi connectivity index (χ1) is 4.72. The zero-order valence-corrected chi connectivity index (χ0v) is 6.74. The molecule has 4 heteroatoms. The van der Waals surface area contributed by atoms with E-state index in [4.69, 9.17) is 11.6 Å². The summed E-state index contributed by atoms with van der Waals surface area (Å²) in [5, 5.41) is 5.86. The normalized spacial score (nSPS) is 24.5. The third-order valence-electron chi connectivity index (χ3n) is 1.21. The molecule has 0 aromatic rings. The average molecular weight is 160 g/mol. The van der Waals surface area contributed by atoms with Crippen molar-refractivity contribution in [3.8, 4) is 0 Å². The largest absolute Gasteiger partial charge is 0.373 e. The summed E-state index contributed by atoms with van der Waals surface area (Å²) in [7, 11) is 1.82. The molecular weight excluding hydrogens is 150 g/mol. The van der Waals surface area contributed by atoms with E-state index in [-0.39, 0.29) is 5.62 Å².